The van der Waals surface area contributed by atoms with E-state index in [9.17, 15) is 0 Å². The number of nitrogens with one attached hydrogen (secondary N) is 1. The molecule has 2 nitrogen and oxygen atoms in total. The molecule has 2 atom stereocenters. The molecule has 1 N–H and O–H groups in total. The second-order valence-electron chi connectivity index (χ2n) is 5.27. The molecule has 2 unspecified atom stereocenters. The van der Waals surface area contributed by atoms with Gasteiger partial charge < -0.3 is 5.32 Å². The Morgan fingerprint density at radius 2 is 2.05 bits per heavy atom. The number of pyridine rings is 1. The van der Waals surface area contributed by atoms with Crippen LogP contribution in [0.15, 0.2) is 36.5 Å². The first-order valence-corrected chi connectivity index (χ1v) is 7.34. The van der Waals surface area contributed by atoms with Crippen molar-refractivity contribution in [2.45, 2.75) is 39.7 Å². The standard InChI is InChI=1S/C17H24N2/c1-4-10-19-17(13(3)5-2)15-9-8-14-7-6-11-18-16(14)12-15/h6-9,11-13,17,19H,4-5,10H2,1-3H3. The molecule has 0 aliphatic heterocycles. The van der Waals surface area contributed by atoms with Crippen LogP contribution in [0.5, 0.6) is 0 Å². The first-order valence-electron chi connectivity index (χ1n) is 7.34. The van der Waals surface area contributed by atoms with Crippen molar-refractivity contribution in [3.8, 4) is 0 Å². The quantitative estimate of drug-likeness (QED) is 0.832. The Bertz CT molecular complexity index is 521. The van der Waals surface area contributed by atoms with Crippen LogP contribution in [-0.4, -0.2) is 11.5 Å². The summed E-state index contributed by atoms with van der Waals surface area (Å²) < 4.78 is 0. The molecule has 0 amide bonds. The molecule has 19 heavy (non-hydrogen) atoms. The Labute approximate surface area is 116 Å². The molecule has 1 aromatic heterocycles. The molecule has 0 fully saturated rings. The van der Waals surface area contributed by atoms with Gasteiger partial charge in [-0.15, -0.1) is 0 Å². The van der Waals surface area contributed by atoms with E-state index in [1.165, 1.54) is 23.8 Å². The lowest BCUT2D eigenvalue weighted by molar-refractivity contribution is 0.377. The molecule has 2 heteroatoms. The Kier molecular flexibility index (Phi) is 4.92. The monoisotopic (exact) mass is 256 g/mol. The Morgan fingerprint density at radius 1 is 1.21 bits per heavy atom. The number of fused-ring (bicyclic) bond motifs is 1. The van der Waals surface area contributed by atoms with Gasteiger partial charge in [0, 0.05) is 17.6 Å². The second kappa shape index (κ2) is 6.67. The molecule has 1 aromatic carbocycles. The number of aromatic nitrogens is 1. The third-order valence-corrected chi connectivity index (χ3v) is 3.82. The summed E-state index contributed by atoms with van der Waals surface area (Å²) in [5.74, 6) is 0.632. The maximum Gasteiger partial charge on any atom is 0.0705 e. The fourth-order valence-corrected chi connectivity index (χ4v) is 2.46. The Balaban J connectivity index is 2.32. The molecule has 0 aliphatic rings. The van der Waals surface area contributed by atoms with E-state index < -0.39 is 0 Å². The minimum atomic E-state index is 0.427. The summed E-state index contributed by atoms with van der Waals surface area (Å²) in [5, 5.41) is 4.89. The van der Waals surface area contributed by atoms with Gasteiger partial charge in [-0.05, 0) is 36.6 Å². The Hall–Kier alpha value is -1.41. The molecule has 2 rings (SSSR count). The van der Waals surface area contributed by atoms with Crippen LogP contribution in [0.25, 0.3) is 10.9 Å². The molecule has 0 spiro atoms. The summed E-state index contributed by atoms with van der Waals surface area (Å²) in [5.41, 5.74) is 2.45. The molecule has 1 heterocycles. The number of nitrogens with zero attached hydrogens (tertiary/aromatic N) is 1. The molecule has 0 saturated heterocycles. The van der Waals surface area contributed by atoms with Gasteiger partial charge in [0.25, 0.3) is 0 Å². The number of hydrogen-bond donors (Lipinski definition) is 1. The van der Waals surface area contributed by atoms with Crippen molar-refractivity contribution in [2.75, 3.05) is 6.54 Å². The van der Waals surface area contributed by atoms with E-state index in [2.05, 4.69) is 55.3 Å². The highest BCUT2D eigenvalue weighted by atomic mass is 14.9. The zero-order chi connectivity index (χ0) is 13.7. The lowest BCUT2D eigenvalue weighted by Gasteiger charge is -2.25. The van der Waals surface area contributed by atoms with Gasteiger partial charge >= 0.3 is 0 Å². The van der Waals surface area contributed by atoms with E-state index >= 15 is 0 Å². The van der Waals surface area contributed by atoms with Crippen LogP contribution < -0.4 is 5.32 Å². The van der Waals surface area contributed by atoms with Gasteiger partial charge in [-0.25, -0.2) is 0 Å². The molecular formula is C17H24N2. The van der Waals surface area contributed by atoms with Crippen molar-refractivity contribution < 1.29 is 0 Å². The first kappa shape index (κ1) is 14.0. The normalized spacial score (nSPS) is 14.5. The van der Waals surface area contributed by atoms with E-state index in [4.69, 9.17) is 0 Å². The number of hydrogen-bond acceptors (Lipinski definition) is 2. The van der Waals surface area contributed by atoms with Crippen molar-refractivity contribution in [1.82, 2.24) is 10.3 Å². The topological polar surface area (TPSA) is 24.9 Å². The van der Waals surface area contributed by atoms with Crippen LogP contribution in [0.4, 0.5) is 0 Å². The summed E-state index contributed by atoms with van der Waals surface area (Å²) in [6.07, 6.45) is 4.21. The van der Waals surface area contributed by atoms with Crippen molar-refractivity contribution in [3.63, 3.8) is 0 Å². The fourth-order valence-electron chi connectivity index (χ4n) is 2.46. The predicted octanol–water partition coefficient (Wildman–Crippen LogP) is 4.32. The van der Waals surface area contributed by atoms with Gasteiger partial charge in [-0.3, -0.25) is 4.98 Å². The minimum absolute atomic E-state index is 0.427. The third-order valence-electron chi connectivity index (χ3n) is 3.82. The van der Waals surface area contributed by atoms with Gasteiger partial charge in [-0.1, -0.05) is 45.4 Å². The predicted molar refractivity (Wildman–Crippen MR) is 82.2 cm³/mol. The van der Waals surface area contributed by atoms with Gasteiger partial charge in [0.05, 0.1) is 5.52 Å². The summed E-state index contributed by atoms with van der Waals surface area (Å²) in [6.45, 7) is 7.85. The molecule has 2 aromatic rings. The first-order chi connectivity index (χ1) is 9.26. The molecule has 0 radical (unpaired) electrons. The van der Waals surface area contributed by atoms with Crippen LogP contribution in [0, 0.1) is 5.92 Å². The van der Waals surface area contributed by atoms with E-state index in [0.29, 0.717) is 12.0 Å². The molecular weight excluding hydrogens is 232 g/mol. The Morgan fingerprint density at radius 3 is 2.79 bits per heavy atom. The van der Waals surface area contributed by atoms with Crippen molar-refractivity contribution in [3.05, 3.63) is 42.1 Å². The van der Waals surface area contributed by atoms with E-state index in [1.54, 1.807) is 0 Å². The largest absolute Gasteiger partial charge is 0.310 e. The van der Waals surface area contributed by atoms with E-state index in [0.717, 1.165) is 12.1 Å². The molecule has 0 saturated carbocycles. The lowest BCUT2D eigenvalue weighted by Crippen LogP contribution is -2.27. The fraction of sp³-hybridized carbons (Fsp3) is 0.471. The zero-order valence-corrected chi connectivity index (χ0v) is 12.2. The highest BCUT2D eigenvalue weighted by Crippen LogP contribution is 2.26. The average Bonchev–Trinajstić information content (AvgIpc) is 2.47. The van der Waals surface area contributed by atoms with Gasteiger partial charge in [0.2, 0.25) is 0 Å². The molecule has 0 aliphatic carbocycles. The van der Waals surface area contributed by atoms with Crippen LogP contribution in [0.2, 0.25) is 0 Å². The van der Waals surface area contributed by atoms with Crippen LogP contribution in [0.3, 0.4) is 0 Å². The summed E-state index contributed by atoms with van der Waals surface area (Å²) in [4.78, 5) is 4.46. The van der Waals surface area contributed by atoms with Gasteiger partial charge in [0.1, 0.15) is 0 Å². The summed E-state index contributed by atoms with van der Waals surface area (Å²) in [6, 6.07) is 11.2. The van der Waals surface area contributed by atoms with Crippen LogP contribution in [-0.2, 0) is 0 Å². The minimum Gasteiger partial charge on any atom is -0.310 e. The highest BCUT2D eigenvalue weighted by Gasteiger charge is 2.17. The van der Waals surface area contributed by atoms with E-state index in [1.807, 2.05) is 12.3 Å². The van der Waals surface area contributed by atoms with Crippen molar-refractivity contribution in [2.24, 2.45) is 5.92 Å². The average molecular weight is 256 g/mol. The van der Waals surface area contributed by atoms with E-state index in [-0.39, 0.29) is 0 Å². The number of benzene rings is 1. The van der Waals surface area contributed by atoms with Gasteiger partial charge in [-0.2, -0.15) is 0 Å². The van der Waals surface area contributed by atoms with Crippen LogP contribution in [0.1, 0.15) is 45.2 Å². The lowest BCUT2D eigenvalue weighted by atomic mass is 9.91. The molecule has 102 valence electrons. The number of rotatable bonds is 6. The highest BCUT2D eigenvalue weighted by molar-refractivity contribution is 5.79. The summed E-state index contributed by atoms with van der Waals surface area (Å²) >= 11 is 0. The second-order valence-corrected chi connectivity index (χ2v) is 5.27. The SMILES string of the molecule is CCCNC(c1ccc2cccnc2c1)C(C)CC. The van der Waals surface area contributed by atoms with Crippen molar-refractivity contribution in [1.29, 1.82) is 0 Å². The zero-order valence-electron chi connectivity index (χ0n) is 12.2. The maximum absolute atomic E-state index is 4.46. The third kappa shape index (κ3) is 3.32. The molecule has 0 bridgehead atoms. The van der Waals surface area contributed by atoms with Crippen molar-refractivity contribution >= 4 is 10.9 Å². The smallest absolute Gasteiger partial charge is 0.0705 e. The van der Waals surface area contributed by atoms with Crippen LogP contribution >= 0.6 is 0 Å². The summed E-state index contributed by atoms with van der Waals surface area (Å²) in [7, 11) is 0. The van der Waals surface area contributed by atoms with Gasteiger partial charge in [0.15, 0.2) is 0 Å². The maximum atomic E-state index is 4.46.